The van der Waals surface area contributed by atoms with Crippen LogP contribution in [-0.4, -0.2) is 49.5 Å². The molecule has 2 aliphatic rings. The fourth-order valence-electron chi connectivity index (χ4n) is 4.16. The molecule has 150 valence electrons. The lowest BCUT2D eigenvalue weighted by molar-refractivity contribution is 0.0953. The van der Waals surface area contributed by atoms with Crippen molar-refractivity contribution in [3.05, 3.63) is 35.9 Å². The van der Waals surface area contributed by atoms with Gasteiger partial charge in [0.1, 0.15) is 0 Å². The molecule has 2 N–H and O–H groups in total. The number of carbonyl (C=O) groups is 1. The number of guanidine groups is 1. The van der Waals surface area contributed by atoms with Crippen molar-refractivity contribution in [2.24, 2.45) is 16.8 Å². The van der Waals surface area contributed by atoms with Gasteiger partial charge in [0.15, 0.2) is 5.96 Å². The van der Waals surface area contributed by atoms with Gasteiger partial charge in [-0.15, -0.1) is 24.0 Å². The van der Waals surface area contributed by atoms with E-state index in [1.165, 1.54) is 25.7 Å². The Bertz CT molecular complexity index is 593. The maximum atomic E-state index is 12.0. The number of nitrogens with zero attached hydrogens (tertiary/aromatic N) is 2. The summed E-state index contributed by atoms with van der Waals surface area (Å²) in [5.41, 5.74) is 0.712. The number of fused-ring (bicyclic) bond motifs is 1. The molecular formula is C21H33IN4O. The van der Waals surface area contributed by atoms with Gasteiger partial charge < -0.3 is 15.5 Å². The summed E-state index contributed by atoms with van der Waals surface area (Å²) in [5.74, 6) is 2.76. The zero-order chi connectivity index (χ0) is 18.2. The monoisotopic (exact) mass is 484 g/mol. The van der Waals surface area contributed by atoms with E-state index in [9.17, 15) is 4.79 Å². The van der Waals surface area contributed by atoms with Crippen molar-refractivity contribution < 1.29 is 4.79 Å². The van der Waals surface area contributed by atoms with Gasteiger partial charge in [-0.3, -0.25) is 9.79 Å². The molecule has 27 heavy (non-hydrogen) atoms. The summed E-state index contributed by atoms with van der Waals surface area (Å²) in [4.78, 5) is 19.3. The zero-order valence-electron chi connectivity index (χ0n) is 16.3. The van der Waals surface area contributed by atoms with Crippen molar-refractivity contribution in [3.63, 3.8) is 0 Å². The van der Waals surface area contributed by atoms with Gasteiger partial charge in [0.2, 0.25) is 0 Å². The molecule has 0 spiro atoms. The van der Waals surface area contributed by atoms with E-state index in [2.05, 4.69) is 22.5 Å². The van der Waals surface area contributed by atoms with Crippen LogP contribution in [0, 0.1) is 11.8 Å². The molecule has 1 aliphatic heterocycles. The molecule has 2 atom stereocenters. The summed E-state index contributed by atoms with van der Waals surface area (Å²) in [6.07, 6.45) is 6.40. The van der Waals surface area contributed by atoms with Crippen LogP contribution < -0.4 is 10.6 Å². The van der Waals surface area contributed by atoms with Gasteiger partial charge in [-0.1, -0.05) is 31.0 Å². The van der Waals surface area contributed by atoms with Crippen LogP contribution in [0.1, 0.15) is 49.4 Å². The SMILES string of the molecule is CCNC(=NCCCNC(=O)c1ccccc1)N1CC2CCCCC2C1.I. The first-order valence-electron chi connectivity index (χ1n) is 10.1. The molecule has 2 fully saturated rings. The number of amides is 1. The highest BCUT2D eigenvalue weighted by Gasteiger charge is 2.35. The first-order valence-corrected chi connectivity index (χ1v) is 10.1. The number of likely N-dealkylation sites (tertiary alicyclic amines) is 1. The summed E-state index contributed by atoms with van der Waals surface area (Å²) >= 11 is 0. The van der Waals surface area contributed by atoms with Crippen LogP contribution in [0.2, 0.25) is 0 Å². The van der Waals surface area contributed by atoms with Gasteiger partial charge in [0, 0.05) is 38.3 Å². The highest BCUT2D eigenvalue weighted by molar-refractivity contribution is 14.0. The van der Waals surface area contributed by atoms with Gasteiger partial charge in [0.25, 0.3) is 5.91 Å². The van der Waals surface area contributed by atoms with E-state index in [0.29, 0.717) is 12.1 Å². The van der Waals surface area contributed by atoms with Gasteiger partial charge in [-0.2, -0.15) is 0 Å². The van der Waals surface area contributed by atoms with E-state index >= 15 is 0 Å². The van der Waals surface area contributed by atoms with Crippen LogP contribution in [-0.2, 0) is 0 Å². The summed E-state index contributed by atoms with van der Waals surface area (Å²) < 4.78 is 0. The predicted octanol–water partition coefficient (Wildman–Crippen LogP) is 3.51. The van der Waals surface area contributed by atoms with Crippen LogP contribution in [0.15, 0.2) is 35.3 Å². The quantitative estimate of drug-likeness (QED) is 0.281. The molecule has 1 saturated carbocycles. The zero-order valence-corrected chi connectivity index (χ0v) is 18.7. The van der Waals surface area contributed by atoms with Gasteiger partial charge >= 0.3 is 0 Å². The average molecular weight is 484 g/mol. The molecule has 6 heteroatoms. The van der Waals surface area contributed by atoms with Crippen molar-refractivity contribution in [1.82, 2.24) is 15.5 Å². The molecule has 3 rings (SSSR count). The molecular weight excluding hydrogens is 451 g/mol. The van der Waals surface area contributed by atoms with E-state index in [-0.39, 0.29) is 29.9 Å². The van der Waals surface area contributed by atoms with Crippen LogP contribution in [0.5, 0.6) is 0 Å². The number of rotatable bonds is 6. The van der Waals surface area contributed by atoms with Crippen LogP contribution in [0.25, 0.3) is 0 Å². The van der Waals surface area contributed by atoms with E-state index < -0.39 is 0 Å². The van der Waals surface area contributed by atoms with Crippen molar-refractivity contribution in [2.75, 3.05) is 32.7 Å². The smallest absolute Gasteiger partial charge is 0.251 e. The molecule has 1 aliphatic carbocycles. The first-order chi connectivity index (χ1) is 12.8. The predicted molar refractivity (Wildman–Crippen MR) is 122 cm³/mol. The summed E-state index contributed by atoms with van der Waals surface area (Å²) in [6.45, 7) is 6.72. The summed E-state index contributed by atoms with van der Waals surface area (Å²) in [7, 11) is 0. The van der Waals surface area contributed by atoms with Crippen molar-refractivity contribution in [1.29, 1.82) is 0 Å². The topological polar surface area (TPSA) is 56.7 Å². The summed E-state index contributed by atoms with van der Waals surface area (Å²) in [6, 6.07) is 9.36. The standard InChI is InChI=1S/C21H32N4O.HI/c1-2-22-21(25-15-18-11-6-7-12-19(18)16-25)24-14-8-13-23-20(26)17-9-4-3-5-10-17;/h3-5,9-10,18-19H,2,6-8,11-16H2,1H3,(H,22,24)(H,23,26);1H. The van der Waals surface area contributed by atoms with Crippen LogP contribution in [0.4, 0.5) is 0 Å². The Kier molecular flexibility index (Phi) is 9.38. The number of aliphatic imine (C=N–C) groups is 1. The van der Waals surface area contributed by atoms with E-state index in [4.69, 9.17) is 4.99 Å². The second-order valence-corrected chi connectivity index (χ2v) is 7.42. The lowest BCUT2D eigenvalue weighted by Crippen LogP contribution is -2.40. The van der Waals surface area contributed by atoms with Gasteiger partial charge in [-0.05, 0) is 50.2 Å². The largest absolute Gasteiger partial charge is 0.357 e. The van der Waals surface area contributed by atoms with Gasteiger partial charge in [0.05, 0.1) is 0 Å². The Morgan fingerprint density at radius 2 is 1.78 bits per heavy atom. The second-order valence-electron chi connectivity index (χ2n) is 7.42. The Balaban J connectivity index is 0.00000261. The number of halogens is 1. The maximum absolute atomic E-state index is 12.0. The number of hydrogen-bond acceptors (Lipinski definition) is 2. The number of hydrogen-bond donors (Lipinski definition) is 2. The van der Waals surface area contributed by atoms with E-state index in [1.54, 1.807) is 0 Å². The Morgan fingerprint density at radius 1 is 1.11 bits per heavy atom. The normalized spacial score (nSPS) is 22.0. The lowest BCUT2D eigenvalue weighted by atomic mass is 9.82. The maximum Gasteiger partial charge on any atom is 0.251 e. The molecule has 0 bridgehead atoms. The molecule has 1 aromatic carbocycles. The third-order valence-corrected chi connectivity index (χ3v) is 5.53. The minimum absolute atomic E-state index is 0. The Hall–Kier alpha value is -1.31. The summed E-state index contributed by atoms with van der Waals surface area (Å²) in [5, 5.41) is 6.42. The molecule has 1 heterocycles. The number of benzene rings is 1. The molecule has 0 aromatic heterocycles. The minimum atomic E-state index is -0.00916. The highest BCUT2D eigenvalue weighted by Crippen LogP contribution is 2.35. The average Bonchev–Trinajstić information content (AvgIpc) is 3.11. The third kappa shape index (κ3) is 6.36. The van der Waals surface area contributed by atoms with Crippen LogP contribution >= 0.6 is 24.0 Å². The molecule has 0 radical (unpaired) electrons. The molecule has 1 saturated heterocycles. The molecule has 5 nitrogen and oxygen atoms in total. The Morgan fingerprint density at radius 3 is 2.41 bits per heavy atom. The van der Waals surface area contributed by atoms with Crippen molar-refractivity contribution in [2.45, 2.75) is 39.0 Å². The molecule has 1 aromatic rings. The highest BCUT2D eigenvalue weighted by atomic mass is 127. The fraction of sp³-hybridized carbons (Fsp3) is 0.619. The number of nitrogens with one attached hydrogen (secondary N) is 2. The second kappa shape index (κ2) is 11.5. The molecule has 1 amide bonds. The third-order valence-electron chi connectivity index (χ3n) is 5.53. The van der Waals surface area contributed by atoms with Gasteiger partial charge in [-0.25, -0.2) is 0 Å². The van der Waals surface area contributed by atoms with E-state index in [1.807, 2.05) is 30.3 Å². The Labute approximate surface area is 180 Å². The lowest BCUT2D eigenvalue weighted by Gasteiger charge is -2.22. The number of carbonyl (C=O) groups excluding carboxylic acids is 1. The fourth-order valence-corrected chi connectivity index (χ4v) is 4.16. The van der Waals surface area contributed by atoms with Crippen LogP contribution in [0.3, 0.4) is 0 Å². The van der Waals surface area contributed by atoms with Crippen molar-refractivity contribution in [3.8, 4) is 0 Å². The minimum Gasteiger partial charge on any atom is -0.357 e. The van der Waals surface area contributed by atoms with E-state index in [0.717, 1.165) is 50.4 Å². The van der Waals surface area contributed by atoms with Crippen molar-refractivity contribution >= 4 is 35.8 Å². The first kappa shape index (κ1) is 22.0. The molecule has 2 unspecified atom stereocenters.